The van der Waals surface area contributed by atoms with Gasteiger partial charge >= 0.3 is 5.97 Å². The van der Waals surface area contributed by atoms with Gasteiger partial charge in [0.05, 0.1) is 25.2 Å². The van der Waals surface area contributed by atoms with Crippen LogP contribution in [0.4, 0.5) is 5.95 Å². The normalized spacial score (nSPS) is 44.8. The van der Waals surface area contributed by atoms with Crippen LogP contribution in [0.1, 0.15) is 120 Å². The van der Waals surface area contributed by atoms with E-state index in [-0.39, 0.29) is 50.7 Å². The van der Waals surface area contributed by atoms with Gasteiger partial charge in [-0.2, -0.15) is 4.80 Å². The smallest absolute Gasteiger partial charge is 0.307 e. The van der Waals surface area contributed by atoms with Crippen molar-refractivity contribution in [2.45, 2.75) is 131 Å². The molecule has 4 fully saturated rings. The lowest BCUT2D eigenvalue weighted by Crippen LogP contribution is -2.69. The molecule has 0 amide bonds. The van der Waals surface area contributed by atoms with Gasteiger partial charge in [-0.15, -0.1) is 5.10 Å². The van der Waals surface area contributed by atoms with Crippen LogP contribution in [0.25, 0.3) is 0 Å². The molecule has 2 unspecified atom stereocenters. The summed E-state index contributed by atoms with van der Waals surface area (Å²) in [7, 11) is 0. The zero-order valence-electron chi connectivity index (χ0n) is 30.5. The maximum absolute atomic E-state index is 13.4. The van der Waals surface area contributed by atoms with Gasteiger partial charge in [0.2, 0.25) is 0 Å². The molecule has 10 nitrogen and oxygen atoms in total. The van der Waals surface area contributed by atoms with Crippen molar-refractivity contribution in [3.63, 3.8) is 0 Å². The summed E-state index contributed by atoms with van der Waals surface area (Å²) in [5.41, 5.74) is 12.5. The number of hydrogen-bond acceptors (Lipinski definition) is 8. The molecule has 264 valence electrons. The van der Waals surface area contributed by atoms with E-state index in [1.165, 1.54) is 5.57 Å². The maximum Gasteiger partial charge on any atom is 0.307 e. The predicted octanol–water partition coefficient (Wildman–Crippen LogP) is 6.29. The van der Waals surface area contributed by atoms with Crippen molar-refractivity contribution in [2.75, 3.05) is 25.6 Å². The molecule has 1 aromatic heterocycles. The van der Waals surface area contributed by atoms with E-state index in [0.29, 0.717) is 43.5 Å². The first-order valence-electron chi connectivity index (χ1n) is 18.4. The van der Waals surface area contributed by atoms with E-state index in [1.54, 1.807) is 4.80 Å². The fourth-order valence-corrected chi connectivity index (χ4v) is 12.1. The molecular weight excluding hydrogens is 592 g/mol. The summed E-state index contributed by atoms with van der Waals surface area (Å²) in [5, 5.41) is 24.1. The second kappa shape index (κ2) is 11.5. The van der Waals surface area contributed by atoms with Crippen molar-refractivity contribution in [1.29, 1.82) is 0 Å². The standard InChI is InChI=1S/C37H62N6O4/c1-10-32(5,39)17-18-47-29-26(43-41-31(38)40-42-43)19-37-21-46-20-34(29,7)27(37)12-11-24-25(37)13-14-36(9)28(30(44)45)33(6,23(4)22(2)3)15-16-35(24,36)8/h13,22-24,26-29H,10-12,14-21,39H2,1-9H3,(H2,38,41)(H,44,45)/t23-,24+,26-,27+,28-,29+,32?,33-,34+,35-,36+,37?/m1/s1. The summed E-state index contributed by atoms with van der Waals surface area (Å²) in [4.78, 5) is 15.1. The first kappa shape index (κ1) is 34.8. The average Bonchev–Trinajstić information content (AvgIpc) is 3.43. The molecule has 10 heteroatoms. The topological polar surface area (TPSA) is 151 Å². The van der Waals surface area contributed by atoms with Crippen molar-refractivity contribution in [1.82, 2.24) is 20.2 Å². The van der Waals surface area contributed by atoms with E-state index >= 15 is 0 Å². The number of aliphatic carboxylic acids is 1. The predicted molar refractivity (Wildman–Crippen MR) is 182 cm³/mol. The molecule has 0 radical (unpaired) electrons. The second-order valence-electron chi connectivity index (χ2n) is 18.1. The van der Waals surface area contributed by atoms with Gasteiger partial charge in [-0.1, -0.05) is 72.1 Å². The highest BCUT2D eigenvalue weighted by Gasteiger charge is 2.72. The summed E-state index contributed by atoms with van der Waals surface area (Å²) >= 11 is 0. The fourth-order valence-electron chi connectivity index (χ4n) is 12.1. The zero-order chi connectivity index (χ0) is 34.4. The molecular formula is C37H62N6O4. The van der Waals surface area contributed by atoms with E-state index in [1.807, 2.05) is 0 Å². The number of allylic oxidation sites excluding steroid dienone is 1. The number of nitrogen functional groups attached to an aromatic ring is 1. The number of carboxylic acid groups (broad SMARTS) is 1. The number of carboxylic acids is 1. The van der Waals surface area contributed by atoms with Gasteiger partial charge in [-0.25, -0.2) is 0 Å². The zero-order valence-corrected chi connectivity index (χ0v) is 30.5. The summed E-state index contributed by atoms with van der Waals surface area (Å²) in [6, 6.07) is -0.162. The van der Waals surface area contributed by atoms with Crippen molar-refractivity contribution < 1.29 is 19.4 Å². The van der Waals surface area contributed by atoms with Crippen LogP contribution >= 0.6 is 0 Å². The number of rotatable bonds is 9. The van der Waals surface area contributed by atoms with Gasteiger partial charge in [0.25, 0.3) is 5.95 Å². The van der Waals surface area contributed by atoms with Crippen molar-refractivity contribution in [3.05, 3.63) is 11.6 Å². The van der Waals surface area contributed by atoms with Crippen molar-refractivity contribution in [2.24, 2.45) is 62.4 Å². The molecule has 1 saturated heterocycles. The highest BCUT2D eigenvalue weighted by molar-refractivity contribution is 5.73. The monoisotopic (exact) mass is 654 g/mol. The van der Waals surface area contributed by atoms with E-state index in [0.717, 1.165) is 51.4 Å². The first-order chi connectivity index (χ1) is 21.9. The fraction of sp³-hybridized carbons (Fsp3) is 0.892. The molecule has 6 rings (SSSR count). The number of nitrogens with zero attached hydrogens (tertiary/aromatic N) is 4. The number of ether oxygens (including phenoxy) is 2. The Labute approximate surface area is 282 Å². The van der Waals surface area contributed by atoms with Gasteiger partial charge in [0.15, 0.2) is 0 Å². The minimum Gasteiger partial charge on any atom is -0.481 e. The minimum atomic E-state index is -0.630. The number of anilines is 1. The molecule has 12 atom stereocenters. The highest BCUT2D eigenvalue weighted by atomic mass is 16.5. The molecule has 4 aliphatic carbocycles. The van der Waals surface area contributed by atoms with Gasteiger partial charge < -0.3 is 26.0 Å². The number of carbonyl (C=O) groups is 1. The second-order valence-corrected chi connectivity index (χ2v) is 18.1. The Balaban J connectivity index is 1.42. The quantitative estimate of drug-likeness (QED) is 0.261. The number of fused-ring (bicyclic) bond motifs is 3. The Morgan fingerprint density at radius 2 is 1.89 bits per heavy atom. The van der Waals surface area contributed by atoms with Gasteiger partial charge in [0, 0.05) is 23.0 Å². The number of hydrogen-bond donors (Lipinski definition) is 3. The van der Waals surface area contributed by atoms with Crippen LogP contribution in [0.2, 0.25) is 0 Å². The molecule has 0 aromatic carbocycles. The molecule has 2 heterocycles. The summed E-state index contributed by atoms with van der Waals surface area (Å²) < 4.78 is 13.5. The van der Waals surface area contributed by atoms with Gasteiger partial charge in [-0.05, 0) is 103 Å². The Kier molecular flexibility index (Phi) is 8.52. The maximum atomic E-state index is 13.4. The molecule has 2 bridgehead atoms. The summed E-state index contributed by atoms with van der Waals surface area (Å²) in [6.07, 6.45) is 9.57. The number of nitrogens with two attached hydrogens (primary N) is 2. The van der Waals surface area contributed by atoms with Gasteiger partial charge in [0.1, 0.15) is 6.04 Å². The van der Waals surface area contributed by atoms with Crippen LogP contribution in [0.15, 0.2) is 11.6 Å². The molecule has 1 aromatic rings. The van der Waals surface area contributed by atoms with E-state index in [9.17, 15) is 9.90 Å². The Morgan fingerprint density at radius 3 is 2.51 bits per heavy atom. The van der Waals surface area contributed by atoms with Crippen LogP contribution < -0.4 is 11.5 Å². The number of tetrazole rings is 1. The van der Waals surface area contributed by atoms with E-state index in [2.05, 4.69) is 83.8 Å². The lowest BCUT2D eigenvalue weighted by molar-refractivity contribution is -0.251. The van der Waals surface area contributed by atoms with Gasteiger partial charge in [-0.3, -0.25) is 4.79 Å². The van der Waals surface area contributed by atoms with Crippen molar-refractivity contribution >= 4 is 11.9 Å². The molecule has 5 N–H and O–H groups in total. The lowest BCUT2D eigenvalue weighted by Gasteiger charge is -2.71. The molecule has 5 aliphatic rings. The van der Waals surface area contributed by atoms with Crippen LogP contribution in [-0.2, 0) is 14.3 Å². The third-order valence-corrected chi connectivity index (χ3v) is 15.6. The molecule has 1 aliphatic heterocycles. The average molecular weight is 655 g/mol. The first-order valence-corrected chi connectivity index (χ1v) is 18.4. The van der Waals surface area contributed by atoms with Crippen LogP contribution in [0.5, 0.6) is 0 Å². The van der Waals surface area contributed by atoms with Crippen LogP contribution in [-0.4, -0.2) is 62.7 Å². The number of aromatic nitrogens is 4. The van der Waals surface area contributed by atoms with Crippen LogP contribution in [0, 0.1) is 56.7 Å². The Bertz CT molecular complexity index is 1390. The van der Waals surface area contributed by atoms with Crippen molar-refractivity contribution in [3.8, 4) is 0 Å². The molecule has 3 saturated carbocycles. The van der Waals surface area contributed by atoms with Crippen LogP contribution in [0.3, 0.4) is 0 Å². The third kappa shape index (κ3) is 4.96. The SMILES string of the molecule is CCC(C)(N)CCO[C@H]1[C@H](n2nnc(N)n2)CC23COC[C@@]1(C)[C@@H]2CC[C@H]1C3=CC[C@@]2(C)[C@H](C(=O)O)[C@@](C)([C@H](C)C(C)C)CC[C@]12C. The van der Waals surface area contributed by atoms with E-state index in [4.69, 9.17) is 20.9 Å². The summed E-state index contributed by atoms with van der Waals surface area (Å²) in [6.45, 7) is 22.2. The molecule has 0 spiro atoms. The van der Waals surface area contributed by atoms with E-state index < -0.39 is 11.9 Å². The Hall–Kier alpha value is -2.04. The summed E-state index contributed by atoms with van der Waals surface area (Å²) in [5.74, 6) is 0.506. The molecule has 47 heavy (non-hydrogen) atoms. The lowest BCUT2D eigenvalue weighted by atomic mass is 9.34. The minimum absolute atomic E-state index is 0.144. The highest BCUT2D eigenvalue weighted by Crippen LogP contribution is 2.75. The largest absolute Gasteiger partial charge is 0.481 e. The third-order valence-electron chi connectivity index (χ3n) is 15.6. The Morgan fingerprint density at radius 1 is 1.17 bits per heavy atom.